The van der Waals surface area contributed by atoms with Gasteiger partial charge in [-0.2, -0.15) is 0 Å². The third kappa shape index (κ3) is 3.08. The molecule has 1 amide bonds. The van der Waals surface area contributed by atoms with Gasteiger partial charge in [-0.15, -0.1) is 0 Å². The molecule has 0 saturated carbocycles. The Morgan fingerprint density at radius 1 is 1.39 bits per heavy atom. The molecule has 0 aromatic carbocycles. The average Bonchev–Trinajstić information content (AvgIpc) is 2.31. The predicted molar refractivity (Wildman–Crippen MR) is 72.0 cm³/mol. The van der Waals surface area contributed by atoms with Crippen LogP contribution in [-0.4, -0.2) is 30.3 Å². The Labute approximate surface area is 114 Å². The lowest BCUT2D eigenvalue weighted by atomic mass is 10.2. The van der Waals surface area contributed by atoms with E-state index in [1.807, 2.05) is 0 Å². The molecule has 1 unspecified atom stereocenters. The minimum absolute atomic E-state index is 0.0961. The number of pyridine rings is 1. The number of nitrogens with one attached hydrogen (secondary N) is 1. The number of halogens is 1. The fourth-order valence-corrected chi connectivity index (χ4v) is 3.94. The van der Waals surface area contributed by atoms with Crippen LogP contribution >= 0.6 is 15.9 Å². The van der Waals surface area contributed by atoms with E-state index in [0.717, 1.165) is 10.9 Å². The highest BCUT2D eigenvalue weighted by Crippen LogP contribution is 2.21. The zero-order valence-corrected chi connectivity index (χ0v) is 12.0. The Morgan fingerprint density at radius 2 is 2.17 bits per heavy atom. The Hall–Kier alpha value is -0.950. The Morgan fingerprint density at radius 3 is 2.78 bits per heavy atom. The molecule has 5 nitrogen and oxygen atoms in total. The first-order valence-corrected chi connectivity index (χ1v) is 8.14. The zero-order chi connectivity index (χ0) is 13.2. The van der Waals surface area contributed by atoms with E-state index in [-0.39, 0.29) is 5.75 Å². The van der Waals surface area contributed by atoms with Gasteiger partial charge in [-0.3, -0.25) is 4.79 Å². The van der Waals surface area contributed by atoms with Crippen LogP contribution in [0.3, 0.4) is 0 Å². The Bertz CT molecular complexity index is 542. The van der Waals surface area contributed by atoms with Gasteiger partial charge in [0.1, 0.15) is 11.1 Å². The van der Waals surface area contributed by atoms with Crippen LogP contribution in [0.2, 0.25) is 0 Å². The smallest absolute Gasteiger partial charge is 0.243 e. The van der Waals surface area contributed by atoms with Crippen LogP contribution < -0.4 is 5.32 Å². The van der Waals surface area contributed by atoms with Crippen LogP contribution in [0.4, 0.5) is 5.82 Å². The SMILES string of the molecule is O=C(Nc1ccc(Br)cn1)C1CCCCS1(=O)=O. The van der Waals surface area contributed by atoms with E-state index in [9.17, 15) is 13.2 Å². The maximum Gasteiger partial charge on any atom is 0.243 e. The third-order valence-corrected chi connectivity index (χ3v) is 5.49. The van der Waals surface area contributed by atoms with E-state index >= 15 is 0 Å². The van der Waals surface area contributed by atoms with Gasteiger partial charge in [-0.25, -0.2) is 13.4 Å². The first kappa shape index (κ1) is 13.5. The molecule has 0 bridgehead atoms. The Kier molecular flexibility index (Phi) is 4.01. The molecular formula is C11H13BrN2O3S. The molecule has 1 N–H and O–H groups in total. The minimum Gasteiger partial charge on any atom is -0.310 e. The van der Waals surface area contributed by atoms with Gasteiger partial charge in [-0.05, 0) is 40.9 Å². The Balaban J connectivity index is 2.10. The van der Waals surface area contributed by atoms with Crippen LogP contribution in [-0.2, 0) is 14.6 Å². The first-order chi connectivity index (χ1) is 8.49. The van der Waals surface area contributed by atoms with Gasteiger partial charge in [0.05, 0.1) is 5.75 Å². The standard InChI is InChI=1S/C11H13BrN2O3S/c12-8-4-5-10(13-7-8)14-11(15)9-3-1-2-6-18(9,16)17/h4-5,7,9H,1-3,6H2,(H,13,14,15). The minimum atomic E-state index is -3.30. The second-order valence-electron chi connectivity index (χ2n) is 4.20. The second kappa shape index (κ2) is 5.36. The van der Waals surface area contributed by atoms with Crippen molar-refractivity contribution in [2.75, 3.05) is 11.1 Å². The van der Waals surface area contributed by atoms with Crippen molar-refractivity contribution in [2.45, 2.75) is 24.5 Å². The predicted octanol–water partition coefficient (Wildman–Crippen LogP) is 1.75. The molecular weight excluding hydrogens is 320 g/mol. The molecule has 1 fully saturated rings. The number of hydrogen-bond acceptors (Lipinski definition) is 4. The lowest BCUT2D eigenvalue weighted by molar-refractivity contribution is -0.116. The number of aromatic nitrogens is 1. The summed E-state index contributed by atoms with van der Waals surface area (Å²) in [5.74, 6) is -0.0210. The summed E-state index contributed by atoms with van der Waals surface area (Å²) in [7, 11) is -3.30. The summed E-state index contributed by atoms with van der Waals surface area (Å²) in [6.45, 7) is 0. The number of hydrogen-bond donors (Lipinski definition) is 1. The van der Waals surface area contributed by atoms with E-state index in [4.69, 9.17) is 0 Å². The van der Waals surface area contributed by atoms with Crippen molar-refractivity contribution in [1.29, 1.82) is 0 Å². The number of sulfone groups is 1. The highest BCUT2D eigenvalue weighted by molar-refractivity contribution is 9.10. The van der Waals surface area contributed by atoms with E-state index < -0.39 is 21.0 Å². The highest BCUT2D eigenvalue weighted by Gasteiger charge is 2.34. The fraction of sp³-hybridized carbons (Fsp3) is 0.455. The van der Waals surface area contributed by atoms with Gasteiger partial charge < -0.3 is 5.32 Å². The molecule has 1 atom stereocenters. The summed E-state index contributed by atoms with van der Waals surface area (Å²) in [5, 5.41) is 1.61. The molecule has 1 aromatic rings. The van der Waals surface area contributed by atoms with Crippen LogP contribution in [0.15, 0.2) is 22.8 Å². The van der Waals surface area contributed by atoms with Crippen molar-refractivity contribution >= 4 is 37.5 Å². The number of carbonyl (C=O) groups is 1. The number of amides is 1. The fourth-order valence-electron chi connectivity index (χ4n) is 1.91. The van der Waals surface area contributed by atoms with Crippen molar-refractivity contribution in [2.24, 2.45) is 0 Å². The van der Waals surface area contributed by atoms with Gasteiger partial charge in [0.15, 0.2) is 9.84 Å². The summed E-state index contributed by atoms with van der Waals surface area (Å²) >= 11 is 3.24. The van der Waals surface area contributed by atoms with Crippen molar-refractivity contribution in [3.63, 3.8) is 0 Å². The van der Waals surface area contributed by atoms with Gasteiger partial charge >= 0.3 is 0 Å². The molecule has 2 heterocycles. The molecule has 98 valence electrons. The molecule has 7 heteroatoms. The molecule has 1 saturated heterocycles. The normalized spacial score (nSPS) is 22.4. The lowest BCUT2D eigenvalue weighted by Gasteiger charge is -2.21. The van der Waals surface area contributed by atoms with Gasteiger partial charge in [-0.1, -0.05) is 6.42 Å². The van der Waals surface area contributed by atoms with Crippen molar-refractivity contribution in [3.05, 3.63) is 22.8 Å². The molecule has 1 aliphatic rings. The number of rotatable bonds is 2. The molecule has 2 rings (SSSR count). The summed E-state index contributed by atoms with van der Waals surface area (Å²) in [4.78, 5) is 15.9. The van der Waals surface area contributed by atoms with E-state index in [2.05, 4.69) is 26.2 Å². The molecule has 0 radical (unpaired) electrons. The van der Waals surface area contributed by atoms with E-state index in [1.165, 1.54) is 0 Å². The van der Waals surface area contributed by atoms with Crippen LogP contribution in [0, 0.1) is 0 Å². The quantitative estimate of drug-likeness (QED) is 0.895. The van der Waals surface area contributed by atoms with Crippen molar-refractivity contribution in [3.8, 4) is 0 Å². The second-order valence-corrected chi connectivity index (χ2v) is 7.42. The number of nitrogens with zero attached hydrogens (tertiary/aromatic N) is 1. The maximum atomic E-state index is 11.9. The topological polar surface area (TPSA) is 76.1 Å². The van der Waals surface area contributed by atoms with Crippen LogP contribution in [0.1, 0.15) is 19.3 Å². The van der Waals surface area contributed by atoms with Gasteiger partial charge in [0.2, 0.25) is 5.91 Å². The highest BCUT2D eigenvalue weighted by atomic mass is 79.9. The van der Waals surface area contributed by atoms with E-state index in [0.29, 0.717) is 18.7 Å². The first-order valence-electron chi connectivity index (χ1n) is 5.63. The van der Waals surface area contributed by atoms with Crippen molar-refractivity contribution in [1.82, 2.24) is 4.98 Å². The van der Waals surface area contributed by atoms with Crippen molar-refractivity contribution < 1.29 is 13.2 Å². The van der Waals surface area contributed by atoms with Crippen LogP contribution in [0.5, 0.6) is 0 Å². The third-order valence-electron chi connectivity index (χ3n) is 2.85. The zero-order valence-electron chi connectivity index (χ0n) is 9.60. The van der Waals surface area contributed by atoms with Gasteiger partial charge in [0.25, 0.3) is 0 Å². The van der Waals surface area contributed by atoms with E-state index in [1.54, 1.807) is 18.3 Å². The molecule has 1 aliphatic heterocycles. The maximum absolute atomic E-state index is 11.9. The summed E-state index contributed by atoms with van der Waals surface area (Å²) in [5.41, 5.74) is 0. The number of anilines is 1. The monoisotopic (exact) mass is 332 g/mol. The molecule has 0 aliphatic carbocycles. The largest absolute Gasteiger partial charge is 0.310 e. The molecule has 18 heavy (non-hydrogen) atoms. The van der Waals surface area contributed by atoms with Gasteiger partial charge in [0, 0.05) is 10.7 Å². The summed E-state index contributed by atoms with van der Waals surface area (Å²) in [6, 6.07) is 3.36. The summed E-state index contributed by atoms with van der Waals surface area (Å²) in [6.07, 6.45) is 3.35. The molecule has 1 aromatic heterocycles. The number of carbonyl (C=O) groups excluding carboxylic acids is 1. The van der Waals surface area contributed by atoms with Crippen LogP contribution in [0.25, 0.3) is 0 Å². The average molecular weight is 333 g/mol. The molecule has 0 spiro atoms. The summed E-state index contributed by atoms with van der Waals surface area (Å²) < 4.78 is 24.4. The lowest BCUT2D eigenvalue weighted by Crippen LogP contribution is -2.39.